The van der Waals surface area contributed by atoms with Crippen molar-refractivity contribution in [3.63, 3.8) is 0 Å². The molecule has 2 bridgehead atoms. The molecule has 2 saturated carbocycles. The monoisotopic (exact) mass is 880 g/mol. The number of carboxylic acid groups (broad SMARTS) is 2. The molecule has 2 N–H and O–H groups in total. The number of carbonyl (C=O) groups excluding carboxylic acids is 4. The summed E-state index contributed by atoms with van der Waals surface area (Å²) in [7, 11) is 0. The third-order valence-electron chi connectivity index (χ3n) is 15.4. The van der Waals surface area contributed by atoms with Crippen molar-refractivity contribution in [1.29, 1.82) is 0 Å². The van der Waals surface area contributed by atoms with Gasteiger partial charge in [-0.15, -0.1) is 0 Å². The first-order valence-electron chi connectivity index (χ1n) is 23.6. The zero-order valence-electron chi connectivity index (χ0n) is 40.1. The van der Waals surface area contributed by atoms with Gasteiger partial charge >= 0.3 is 11.9 Å². The van der Waals surface area contributed by atoms with Gasteiger partial charge in [0.2, 0.25) is 23.6 Å². The van der Waals surface area contributed by atoms with Crippen LogP contribution in [-0.4, -0.2) is 188 Å². The molecule has 4 amide bonds. The first-order valence-corrected chi connectivity index (χ1v) is 23.6. The second-order valence-corrected chi connectivity index (χ2v) is 22.4. The first-order chi connectivity index (χ1) is 29.3. The minimum atomic E-state index is -1.05. The van der Waals surface area contributed by atoms with Gasteiger partial charge in [-0.1, -0.05) is 34.6 Å². The van der Waals surface area contributed by atoms with Crippen LogP contribution in [0.15, 0.2) is 22.3 Å². The predicted molar refractivity (Wildman–Crippen MR) is 241 cm³/mol. The fourth-order valence-corrected chi connectivity index (χ4v) is 10.9. The predicted octanol–water partition coefficient (Wildman–Crippen LogP) is 4.18. The van der Waals surface area contributed by atoms with Gasteiger partial charge in [-0.25, -0.2) is 0 Å². The Hall–Kier alpha value is -3.82. The fraction of sp³-hybridized carbons (Fsp3) is 0.792. The molecule has 5 aliphatic carbocycles. The number of allylic oxidation sites excluding steroid dienone is 2. The Morgan fingerprint density at radius 3 is 1.52 bits per heavy atom. The number of amides is 4. The maximum absolute atomic E-state index is 13.9. The number of carbonyl (C=O) groups is 6. The Bertz CT molecular complexity index is 1850. The van der Waals surface area contributed by atoms with Crippen molar-refractivity contribution in [3.05, 3.63) is 22.3 Å². The van der Waals surface area contributed by atoms with Gasteiger partial charge in [0, 0.05) is 121 Å². The lowest BCUT2D eigenvalue weighted by molar-refractivity contribution is -0.146. The first kappa shape index (κ1) is 48.6. The van der Waals surface area contributed by atoms with Crippen molar-refractivity contribution in [1.82, 2.24) is 34.3 Å². The molecule has 7 rings (SSSR count). The van der Waals surface area contributed by atoms with Crippen LogP contribution in [0, 0.1) is 16.7 Å². The Labute approximate surface area is 375 Å². The molecule has 0 spiro atoms. The summed E-state index contributed by atoms with van der Waals surface area (Å²) in [6, 6.07) is 0. The minimum absolute atomic E-state index is 0.0481. The molecule has 7 aliphatic rings. The smallest absolute Gasteiger partial charge is 0.317 e. The highest BCUT2D eigenvalue weighted by atomic mass is 16.4. The van der Waals surface area contributed by atoms with E-state index in [0.29, 0.717) is 71.7 Å². The Balaban J connectivity index is 0.969. The van der Waals surface area contributed by atoms with Gasteiger partial charge in [-0.2, -0.15) is 0 Å². The molecule has 15 heteroatoms. The van der Waals surface area contributed by atoms with Crippen LogP contribution in [-0.2, 0) is 28.8 Å². The third kappa shape index (κ3) is 10.5. The van der Waals surface area contributed by atoms with Gasteiger partial charge < -0.3 is 29.8 Å². The summed E-state index contributed by atoms with van der Waals surface area (Å²) in [6.07, 6.45) is 5.63. The van der Waals surface area contributed by atoms with Crippen molar-refractivity contribution < 1.29 is 39.0 Å². The van der Waals surface area contributed by atoms with Crippen LogP contribution in [0.2, 0.25) is 0 Å². The van der Waals surface area contributed by atoms with Crippen molar-refractivity contribution in [3.8, 4) is 0 Å². The van der Waals surface area contributed by atoms with E-state index in [4.69, 9.17) is 0 Å². The molecule has 2 aliphatic heterocycles. The maximum atomic E-state index is 13.9. The molecule has 0 aromatic heterocycles. The average Bonchev–Trinajstić information content (AvgIpc) is 4.01. The number of aliphatic carboxylic acids is 2. The number of rotatable bonds is 20. The van der Waals surface area contributed by atoms with Gasteiger partial charge in [0.15, 0.2) is 0 Å². The molecule has 15 nitrogen and oxygen atoms in total. The average molecular weight is 880 g/mol. The Morgan fingerprint density at radius 1 is 0.603 bits per heavy atom. The lowest BCUT2D eigenvalue weighted by atomic mass is 9.70. The number of hydrogen-bond acceptors (Lipinski definition) is 9. The zero-order valence-corrected chi connectivity index (χ0v) is 40.1. The van der Waals surface area contributed by atoms with Crippen molar-refractivity contribution in [2.75, 3.05) is 91.6 Å². The summed E-state index contributed by atoms with van der Waals surface area (Å²) in [4.78, 5) is 91.0. The van der Waals surface area contributed by atoms with Crippen LogP contribution in [0.1, 0.15) is 121 Å². The van der Waals surface area contributed by atoms with Crippen LogP contribution < -0.4 is 0 Å². The molecule has 0 radical (unpaired) electrons. The fourth-order valence-electron chi connectivity index (χ4n) is 10.9. The number of piperazine rings is 2. The number of hydrogen-bond donors (Lipinski definition) is 2. The van der Waals surface area contributed by atoms with E-state index < -0.39 is 22.9 Å². The molecule has 63 heavy (non-hydrogen) atoms. The van der Waals surface area contributed by atoms with E-state index in [-0.39, 0.29) is 85.7 Å². The van der Waals surface area contributed by atoms with Crippen LogP contribution in [0.5, 0.6) is 0 Å². The lowest BCUT2D eigenvalue weighted by Gasteiger charge is -2.50. The summed E-state index contributed by atoms with van der Waals surface area (Å²) >= 11 is 0. The molecular formula is C48H77N7O8. The van der Waals surface area contributed by atoms with E-state index in [1.165, 1.54) is 12.8 Å². The molecule has 4 fully saturated rings. The van der Waals surface area contributed by atoms with Crippen LogP contribution in [0.25, 0.3) is 0 Å². The zero-order chi connectivity index (χ0) is 46.4. The number of fused-ring (bicyclic) bond motifs is 2. The van der Waals surface area contributed by atoms with Gasteiger partial charge in [0.1, 0.15) is 0 Å². The van der Waals surface area contributed by atoms with Crippen LogP contribution in [0.4, 0.5) is 0 Å². The van der Waals surface area contributed by atoms with Gasteiger partial charge in [0.25, 0.3) is 0 Å². The van der Waals surface area contributed by atoms with Crippen LogP contribution in [0.3, 0.4) is 0 Å². The normalized spacial score (nSPS) is 22.4. The van der Waals surface area contributed by atoms with E-state index in [2.05, 4.69) is 46.4 Å². The Kier molecular flexibility index (Phi) is 14.1. The SMILES string of the molecule is CC(C)(C)CCC(=O)N1CCN(C(=O)CCN(CCN(CC(=O)O)C(C)(C)C(C)(C)CC(=O)N2CCN(C(=O)CCN(C(C)(C)C)C34CCCC5C6=C3C4=C65)CC2)CC(=O)O)CC1. The second kappa shape index (κ2) is 18.2. The quantitative estimate of drug-likeness (QED) is 0.180. The third-order valence-corrected chi connectivity index (χ3v) is 15.4. The molecule has 2 saturated heterocycles. The van der Waals surface area contributed by atoms with Crippen molar-refractivity contribution >= 4 is 35.6 Å². The molecular weight excluding hydrogens is 803 g/mol. The summed E-state index contributed by atoms with van der Waals surface area (Å²) in [5.41, 5.74) is 5.02. The molecule has 0 aromatic carbocycles. The molecule has 352 valence electrons. The summed E-state index contributed by atoms with van der Waals surface area (Å²) in [5.74, 6) is -1.28. The minimum Gasteiger partial charge on any atom is -0.480 e. The van der Waals surface area contributed by atoms with Gasteiger partial charge in [-0.3, -0.25) is 43.5 Å². The van der Waals surface area contributed by atoms with E-state index in [1.807, 2.05) is 42.4 Å². The van der Waals surface area contributed by atoms with Crippen LogP contribution >= 0.6 is 0 Å². The maximum Gasteiger partial charge on any atom is 0.317 e. The number of nitrogens with zero attached hydrogens (tertiary/aromatic N) is 7. The van der Waals surface area contributed by atoms with Gasteiger partial charge in [-0.05, 0) is 93.4 Å². The van der Waals surface area contributed by atoms with E-state index in [0.717, 1.165) is 18.8 Å². The lowest BCUT2D eigenvalue weighted by Crippen LogP contribution is -2.59. The van der Waals surface area contributed by atoms with E-state index in [1.54, 1.807) is 37.0 Å². The highest BCUT2D eigenvalue weighted by Crippen LogP contribution is 2.81. The van der Waals surface area contributed by atoms with Gasteiger partial charge in [0.05, 0.1) is 18.6 Å². The Morgan fingerprint density at radius 2 is 1.06 bits per heavy atom. The van der Waals surface area contributed by atoms with Crippen molar-refractivity contribution in [2.24, 2.45) is 16.7 Å². The van der Waals surface area contributed by atoms with Crippen molar-refractivity contribution in [2.45, 2.75) is 137 Å². The summed E-state index contributed by atoms with van der Waals surface area (Å²) < 4.78 is 0. The van der Waals surface area contributed by atoms with E-state index >= 15 is 0 Å². The largest absolute Gasteiger partial charge is 0.480 e. The second-order valence-electron chi connectivity index (χ2n) is 22.4. The number of carboxylic acids is 2. The highest BCUT2D eigenvalue weighted by molar-refractivity contribution is 5.94. The standard InChI is InChI=1S/C48H77N7O8/c1-44(2,3)17-13-34(56)50-21-23-51(24-22-50)35(57)14-18-49(31-38(60)61)20-29-54(32-39(62)63)47(9,10)46(7,8)30-37(59)53-27-25-52(26-28-53)36(58)15-19-55(45(4,5)6)48-16-11-12-33-40-41(33)43(48)42(40)48/h33H,11-32H2,1-10H3,(H,60,61)(H,62,63). The molecule has 0 aromatic rings. The topological polar surface area (TPSA) is 166 Å². The molecule has 0 unspecified atom stereocenters. The summed E-state index contributed by atoms with van der Waals surface area (Å²) in [6.45, 7) is 25.2. The highest BCUT2D eigenvalue weighted by Gasteiger charge is 2.75. The molecule has 0 atom stereocenters. The summed E-state index contributed by atoms with van der Waals surface area (Å²) in [5, 5.41) is 19.7. The molecule has 2 heterocycles. The van der Waals surface area contributed by atoms with E-state index in [9.17, 15) is 39.0 Å².